The van der Waals surface area contributed by atoms with Crippen LogP contribution in [0.3, 0.4) is 0 Å². The molecule has 1 aromatic heterocycles. The predicted molar refractivity (Wildman–Crippen MR) is 62.0 cm³/mol. The monoisotopic (exact) mass is 209 g/mol. The number of ether oxygens (including phenoxy) is 1. The van der Waals surface area contributed by atoms with Crippen molar-refractivity contribution >= 4 is 5.95 Å². The van der Waals surface area contributed by atoms with Crippen molar-refractivity contribution < 1.29 is 4.74 Å². The molecular formula is C11H19N3O. The van der Waals surface area contributed by atoms with Crippen molar-refractivity contribution in [1.29, 1.82) is 0 Å². The fourth-order valence-corrected chi connectivity index (χ4v) is 1.40. The van der Waals surface area contributed by atoms with Gasteiger partial charge in [0.2, 0.25) is 5.95 Å². The third-order valence-electron chi connectivity index (χ3n) is 2.02. The van der Waals surface area contributed by atoms with Gasteiger partial charge in [0, 0.05) is 25.5 Å². The van der Waals surface area contributed by atoms with Gasteiger partial charge in [0.05, 0.1) is 12.6 Å². The molecule has 0 spiro atoms. The lowest BCUT2D eigenvalue weighted by Gasteiger charge is -2.14. The third-order valence-corrected chi connectivity index (χ3v) is 2.02. The Kier molecular flexibility index (Phi) is 4.90. The number of hydrogen-bond acceptors (Lipinski definition) is 3. The highest BCUT2D eigenvalue weighted by atomic mass is 16.5. The third kappa shape index (κ3) is 3.75. The van der Waals surface area contributed by atoms with Crippen molar-refractivity contribution in [1.82, 2.24) is 9.55 Å². The second-order valence-electron chi connectivity index (χ2n) is 3.34. The first kappa shape index (κ1) is 11.8. The summed E-state index contributed by atoms with van der Waals surface area (Å²) in [5, 5.41) is 3.17. The molecule has 0 radical (unpaired) electrons. The molecule has 0 saturated heterocycles. The first-order valence-corrected chi connectivity index (χ1v) is 5.25. The van der Waals surface area contributed by atoms with Gasteiger partial charge in [0.15, 0.2) is 0 Å². The van der Waals surface area contributed by atoms with Crippen LogP contribution < -0.4 is 5.32 Å². The Labute approximate surface area is 91.0 Å². The molecule has 84 valence electrons. The van der Waals surface area contributed by atoms with Crippen molar-refractivity contribution in [2.75, 3.05) is 18.5 Å². The molecule has 15 heavy (non-hydrogen) atoms. The zero-order valence-corrected chi connectivity index (χ0v) is 9.44. The minimum absolute atomic E-state index is 0.202. The van der Waals surface area contributed by atoms with E-state index in [4.69, 9.17) is 4.74 Å². The van der Waals surface area contributed by atoms with Gasteiger partial charge in [-0.15, -0.1) is 6.58 Å². The highest BCUT2D eigenvalue weighted by molar-refractivity contribution is 5.26. The van der Waals surface area contributed by atoms with Crippen LogP contribution >= 0.6 is 0 Å². The Morgan fingerprint density at radius 1 is 1.73 bits per heavy atom. The highest BCUT2D eigenvalue weighted by Gasteiger charge is 2.06. The van der Waals surface area contributed by atoms with E-state index in [-0.39, 0.29) is 6.10 Å². The van der Waals surface area contributed by atoms with Crippen LogP contribution in [0.5, 0.6) is 0 Å². The average molecular weight is 209 g/mol. The number of imidazole rings is 1. The van der Waals surface area contributed by atoms with Crippen molar-refractivity contribution in [3.8, 4) is 0 Å². The summed E-state index contributed by atoms with van der Waals surface area (Å²) in [5.74, 6) is 0.862. The Morgan fingerprint density at radius 3 is 3.20 bits per heavy atom. The lowest BCUT2D eigenvalue weighted by atomic mass is 10.4. The molecule has 1 N–H and O–H groups in total. The van der Waals surface area contributed by atoms with Crippen molar-refractivity contribution in [2.24, 2.45) is 0 Å². The first-order valence-electron chi connectivity index (χ1n) is 5.25. The topological polar surface area (TPSA) is 39.1 Å². The van der Waals surface area contributed by atoms with Gasteiger partial charge >= 0.3 is 0 Å². The Morgan fingerprint density at radius 2 is 2.53 bits per heavy atom. The maximum atomic E-state index is 5.48. The number of rotatable bonds is 7. The summed E-state index contributed by atoms with van der Waals surface area (Å²) >= 11 is 0. The number of nitrogens with zero attached hydrogens (tertiary/aromatic N) is 2. The van der Waals surface area contributed by atoms with Gasteiger partial charge in [0.1, 0.15) is 0 Å². The van der Waals surface area contributed by atoms with E-state index in [0.29, 0.717) is 0 Å². The number of aromatic nitrogens is 2. The summed E-state index contributed by atoms with van der Waals surface area (Å²) in [6.45, 7) is 9.99. The number of nitrogens with one attached hydrogen (secondary N) is 1. The molecule has 1 rings (SSSR count). The summed E-state index contributed by atoms with van der Waals surface area (Å²) in [6, 6.07) is 0. The first-order chi connectivity index (χ1) is 7.27. The molecule has 4 heteroatoms. The minimum atomic E-state index is 0.202. The van der Waals surface area contributed by atoms with E-state index in [0.717, 1.165) is 25.6 Å². The largest absolute Gasteiger partial charge is 0.377 e. The zero-order valence-electron chi connectivity index (χ0n) is 9.44. The van der Waals surface area contributed by atoms with Gasteiger partial charge in [-0.2, -0.15) is 0 Å². The maximum absolute atomic E-state index is 5.48. The molecule has 0 saturated carbocycles. The second-order valence-corrected chi connectivity index (χ2v) is 3.34. The molecular weight excluding hydrogens is 190 g/mol. The van der Waals surface area contributed by atoms with E-state index in [9.17, 15) is 0 Å². The van der Waals surface area contributed by atoms with Crippen LogP contribution in [0, 0.1) is 0 Å². The van der Waals surface area contributed by atoms with Crippen LogP contribution in [-0.2, 0) is 11.3 Å². The van der Waals surface area contributed by atoms with Crippen LogP contribution in [0.1, 0.15) is 13.8 Å². The smallest absolute Gasteiger partial charge is 0.203 e. The molecule has 4 nitrogen and oxygen atoms in total. The molecule has 0 aliphatic rings. The quantitative estimate of drug-likeness (QED) is 0.697. The van der Waals surface area contributed by atoms with Crippen LogP contribution in [0.4, 0.5) is 5.95 Å². The highest BCUT2D eigenvalue weighted by Crippen LogP contribution is 2.06. The van der Waals surface area contributed by atoms with E-state index < -0.39 is 0 Å². The fourth-order valence-electron chi connectivity index (χ4n) is 1.40. The Hall–Kier alpha value is -1.29. The van der Waals surface area contributed by atoms with E-state index >= 15 is 0 Å². The molecule has 0 aliphatic heterocycles. The maximum Gasteiger partial charge on any atom is 0.203 e. The van der Waals surface area contributed by atoms with Gasteiger partial charge in [-0.3, -0.25) is 0 Å². The van der Waals surface area contributed by atoms with Crippen LogP contribution in [0.25, 0.3) is 0 Å². The lowest BCUT2D eigenvalue weighted by molar-refractivity contribution is 0.0644. The molecule has 1 unspecified atom stereocenters. The summed E-state index contributed by atoms with van der Waals surface area (Å²) in [6.07, 6.45) is 5.74. The molecule has 0 fully saturated rings. The zero-order chi connectivity index (χ0) is 11.1. The molecule has 0 amide bonds. The van der Waals surface area contributed by atoms with Crippen molar-refractivity contribution in [3.63, 3.8) is 0 Å². The lowest BCUT2D eigenvalue weighted by Crippen LogP contribution is -2.18. The van der Waals surface area contributed by atoms with Gasteiger partial charge in [-0.25, -0.2) is 4.98 Å². The molecule has 0 aliphatic carbocycles. The Balaban J connectivity index is 2.52. The van der Waals surface area contributed by atoms with E-state index in [1.807, 2.05) is 23.8 Å². The van der Waals surface area contributed by atoms with E-state index in [2.05, 4.69) is 23.8 Å². The molecule has 1 atom stereocenters. The number of anilines is 1. The minimum Gasteiger partial charge on any atom is -0.377 e. The average Bonchev–Trinajstić information content (AvgIpc) is 2.63. The number of hydrogen-bond donors (Lipinski definition) is 1. The predicted octanol–water partition coefficient (Wildman–Crippen LogP) is 1.91. The van der Waals surface area contributed by atoms with Gasteiger partial charge in [0.25, 0.3) is 0 Å². The summed E-state index contributed by atoms with van der Waals surface area (Å²) < 4.78 is 7.52. The van der Waals surface area contributed by atoms with Crippen LogP contribution in [0.15, 0.2) is 25.0 Å². The second kappa shape index (κ2) is 6.24. The van der Waals surface area contributed by atoms with Gasteiger partial charge < -0.3 is 14.6 Å². The van der Waals surface area contributed by atoms with Crippen LogP contribution in [-0.4, -0.2) is 28.8 Å². The molecule has 0 aromatic carbocycles. The summed E-state index contributed by atoms with van der Waals surface area (Å²) in [5.41, 5.74) is 0. The van der Waals surface area contributed by atoms with Gasteiger partial charge in [-0.1, -0.05) is 6.08 Å². The SMILES string of the molecule is C=CCNc1nccn1CC(C)OCC. The standard InChI is InChI=1S/C11H19N3O/c1-4-6-12-11-13-7-8-14(11)9-10(3)15-5-2/h4,7-8,10H,1,5-6,9H2,2-3H3,(H,12,13). The summed E-state index contributed by atoms with van der Waals surface area (Å²) in [7, 11) is 0. The van der Waals surface area contributed by atoms with Gasteiger partial charge in [-0.05, 0) is 13.8 Å². The fraction of sp³-hybridized carbons (Fsp3) is 0.545. The Bertz CT molecular complexity index is 296. The van der Waals surface area contributed by atoms with Crippen molar-refractivity contribution in [2.45, 2.75) is 26.5 Å². The molecule has 1 aromatic rings. The summed E-state index contributed by atoms with van der Waals surface area (Å²) in [4.78, 5) is 4.22. The molecule has 1 heterocycles. The van der Waals surface area contributed by atoms with Crippen LogP contribution in [0.2, 0.25) is 0 Å². The van der Waals surface area contributed by atoms with Crippen molar-refractivity contribution in [3.05, 3.63) is 25.0 Å². The van der Waals surface area contributed by atoms with E-state index in [1.165, 1.54) is 0 Å². The van der Waals surface area contributed by atoms with E-state index in [1.54, 1.807) is 6.20 Å². The normalized spacial score (nSPS) is 12.4. The molecule has 0 bridgehead atoms.